The number of nitrogens with one attached hydrogen (secondary N) is 2. The summed E-state index contributed by atoms with van der Waals surface area (Å²) < 4.78 is 6.64. The molecule has 0 bridgehead atoms. The smallest absolute Gasteiger partial charge is 0.317 e. The van der Waals surface area contributed by atoms with E-state index in [-0.39, 0.29) is 62.3 Å². The van der Waals surface area contributed by atoms with Crippen molar-refractivity contribution < 1.29 is 34.8 Å². The van der Waals surface area contributed by atoms with Crippen LogP contribution >= 0.6 is 0 Å². The molecule has 4 aromatic rings. The lowest BCUT2D eigenvalue weighted by atomic mass is 9.55. The van der Waals surface area contributed by atoms with Crippen LogP contribution in [-0.4, -0.2) is 74.1 Å². The minimum absolute atomic E-state index is 0.0105. The number of benzene rings is 3. The number of likely N-dealkylation sites (N-methyl/N-ethyl adjacent to an activating group) is 1. The number of aliphatic hydroxyl groups excluding tert-OH is 2. The number of phenolic OH excluding ortho intramolecular Hbond substituents is 1. The van der Waals surface area contributed by atoms with Crippen LogP contribution in [0.4, 0.5) is 4.79 Å². The summed E-state index contributed by atoms with van der Waals surface area (Å²) in [5, 5.41) is 52.0. The molecule has 53 heavy (non-hydrogen) atoms. The van der Waals surface area contributed by atoms with Crippen LogP contribution in [0.3, 0.4) is 0 Å². The lowest BCUT2D eigenvalue weighted by Gasteiger charge is -2.58. The molecule has 280 valence electrons. The van der Waals surface area contributed by atoms with E-state index in [0.29, 0.717) is 24.3 Å². The van der Waals surface area contributed by atoms with Crippen LogP contribution in [0, 0.1) is 17.8 Å². The average Bonchev–Trinajstić information content (AvgIpc) is 3.59. The highest BCUT2D eigenvalue weighted by Crippen LogP contribution is 2.60. The molecule has 0 spiro atoms. The topological polar surface area (TPSA) is 160 Å². The first-order valence-electron chi connectivity index (χ1n) is 18.8. The lowest BCUT2D eigenvalue weighted by molar-refractivity contribution is -0.226. The van der Waals surface area contributed by atoms with Gasteiger partial charge in [0.15, 0.2) is 0 Å². The van der Waals surface area contributed by atoms with Gasteiger partial charge in [0.25, 0.3) is 0 Å². The fraction of sp³-hybridized carbons (Fsp3) is 0.429. The number of hydrogen-bond acceptors (Lipinski definition) is 8. The highest BCUT2D eigenvalue weighted by molar-refractivity contribution is 6.03. The number of aromatic nitrogens is 1. The normalized spacial score (nSPS) is 25.2. The first kappa shape index (κ1) is 36.5. The van der Waals surface area contributed by atoms with Gasteiger partial charge in [0.05, 0.1) is 18.2 Å². The number of allylic oxidation sites excluding steroid dienone is 1. The van der Waals surface area contributed by atoms with E-state index in [4.69, 9.17) is 14.7 Å². The molecule has 1 saturated carbocycles. The number of phenols is 1. The Bertz CT molecular complexity index is 1910. The molecule has 2 aliphatic carbocycles. The Morgan fingerprint density at radius 2 is 1.75 bits per heavy atom. The largest absolute Gasteiger partial charge is 0.508 e. The molecule has 2 amide bonds. The number of aromatic amines is 1. The first-order valence-corrected chi connectivity index (χ1v) is 18.8. The molecule has 1 fully saturated rings. The molecule has 11 nitrogen and oxygen atoms in total. The molecule has 0 saturated heterocycles. The third-order valence-electron chi connectivity index (χ3n) is 11.3. The van der Waals surface area contributed by atoms with Gasteiger partial charge in [-0.05, 0) is 84.4 Å². The summed E-state index contributed by atoms with van der Waals surface area (Å²) in [7, 11) is 1.67. The molecule has 11 heteroatoms. The summed E-state index contributed by atoms with van der Waals surface area (Å²) >= 11 is 0. The van der Waals surface area contributed by atoms with Crippen molar-refractivity contribution >= 4 is 22.6 Å². The summed E-state index contributed by atoms with van der Waals surface area (Å²) in [6, 6.07) is 23.5. The summed E-state index contributed by atoms with van der Waals surface area (Å²) in [5.74, 6) is -2.17. The van der Waals surface area contributed by atoms with Crippen molar-refractivity contribution in [1.82, 2.24) is 15.2 Å². The number of rotatable bonds is 14. The standard InChI is InChI=1S/C42H50N4O7/c1-46(41(50)43-25-30-21-29-14-5-6-16-35(29)44-30)38-24-36(45-52-26-27-11-3-2-4-12-27)33-22-28(13-7-9-19-47)32(15-8-10-20-48)39-34-23-31(49)17-18-37(34)53-42(38,51)40(33)39/h2-6,11-12,14,16-18,21-23,28,32,38-40,44,47-49,51H,7-10,13,15,19-20,24-26H2,1H3,(H,43,50). The third kappa shape index (κ3) is 7.51. The minimum Gasteiger partial charge on any atom is -0.508 e. The Morgan fingerprint density at radius 3 is 2.53 bits per heavy atom. The van der Waals surface area contributed by atoms with Crippen LogP contribution in [0.15, 0.2) is 95.7 Å². The van der Waals surface area contributed by atoms with Crippen LogP contribution < -0.4 is 10.1 Å². The molecule has 2 heterocycles. The van der Waals surface area contributed by atoms with Crippen LogP contribution in [0.2, 0.25) is 0 Å². The average molecular weight is 723 g/mol. The molecule has 7 rings (SSSR count). The first-order chi connectivity index (χ1) is 25.8. The van der Waals surface area contributed by atoms with Crippen LogP contribution in [0.1, 0.15) is 67.7 Å². The van der Waals surface area contributed by atoms with E-state index in [2.05, 4.69) is 16.4 Å². The van der Waals surface area contributed by atoms with Crippen molar-refractivity contribution in [3.05, 3.63) is 107 Å². The molecule has 3 aromatic carbocycles. The van der Waals surface area contributed by atoms with E-state index in [9.17, 15) is 25.2 Å². The Labute approximate surface area is 309 Å². The predicted molar refractivity (Wildman–Crippen MR) is 202 cm³/mol. The van der Waals surface area contributed by atoms with Crippen molar-refractivity contribution in [2.75, 3.05) is 20.3 Å². The number of aromatic hydroxyl groups is 1. The van der Waals surface area contributed by atoms with Crippen molar-refractivity contribution in [1.29, 1.82) is 0 Å². The van der Waals surface area contributed by atoms with Crippen LogP contribution in [0.25, 0.3) is 10.9 Å². The number of hydrogen-bond donors (Lipinski definition) is 6. The molecule has 1 aromatic heterocycles. The van der Waals surface area contributed by atoms with E-state index in [1.54, 1.807) is 25.2 Å². The van der Waals surface area contributed by atoms with Crippen molar-refractivity contribution in [2.24, 2.45) is 22.9 Å². The Kier molecular flexibility index (Phi) is 11.0. The van der Waals surface area contributed by atoms with E-state index >= 15 is 0 Å². The quantitative estimate of drug-likeness (QED) is 0.0655. The molecule has 1 aliphatic heterocycles. The van der Waals surface area contributed by atoms with Crippen molar-refractivity contribution in [3.63, 3.8) is 0 Å². The monoisotopic (exact) mass is 722 g/mol. The Balaban J connectivity index is 1.28. The molecule has 6 atom stereocenters. The zero-order valence-electron chi connectivity index (χ0n) is 30.2. The zero-order valence-corrected chi connectivity index (χ0v) is 30.2. The summed E-state index contributed by atoms with van der Waals surface area (Å²) in [4.78, 5) is 24.9. The number of amides is 2. The third-order valence-corrected chi connectivity index (χ3v) is 11.3. The minimum atomic E-state index is -1.85. The second-order valence-electron chi connectivity index (χ2n) is 14.6. The van der Waals surface area contributed by atoms with Gasteiger partial charge >= 0.3 is 6.03 Å². The van der Waals surface area contributed by atoms with Gasteiger partial charge in [-0.25, -0.2) is 4.79 Å². The van der Waals surface area contributed by atoms with Crippen molar-refractivity contribution in [2.45, 2.75) is 75.8 Å². The van der Waals surface area contributed by atoms with E-state index < -0.39 is 17.7 Å². The summed E-state index contributed by atoms with van der Waals surface area (Å²) in [5.41, 5.74) is 5.03. The number of aliphatic hydroxyl groups is 3. The maximum atomic E-state index is 14.0. The molecule has 6 unspecified atom stereocenters. The predicted octanol–water partition coefficient (Wildman–Crippen LogP) is 6.34. The number of para-hydroxylation sites is 1. The van der Waals surface area contributed by atoms with E-state index in [1.807, 2.05) is 60.7 Å². The fourth-order valence-electron chi connectivity index (χ4n) is 8.79. The summed E-state index contributed by atoms with van der Waals surface area (Å²) in [6.45, 7) is 0.688. The van der Waals surface area contributed by atoms with Gasteiger partial charge in [-0.15, -0.1) is 0 Å². The molecule has 0 radical (unpaired) electrons. The summed E-state index contributed by atoms with van der Waals surface area (Å²) in [6.07, 6.45) is 6.85. The zero-order chi connectivity index (χ0) is 37.0. The lowest BCUT2D eigenvalue weighted by Crippen LogP contribution is -2.69. The number of unbranched alkanes of at least 4 members (excludes halogenated alkanes) is 2. The Hall–Kier alpha value is -4.84. The molecular formula is C42H50N4O7. The number of oxime groups is 1. The highest BCUT2D eigenvalue weighted by atomic mass is 16.6. The number of nitrogens with zero attached hydrogens (tertiary/aromatic N) is 2. The van der Waals surface area contributed by atoms with Gasteiger partial charge in [0.1, 0.15) is 24.1 Å². The van der Waals surface area contributed by atoms with Gasteiger partial charge < -0.3 is 45.2 Å². The van der Waals surface area contributed by atoms with Gasteiger partial charge in [-0.3, -0.25) is 0 Å². The van der Waals surface area contributed by atoms with Crippen LogP contribution in [0.5, 0.6) is 11.5 Å². The second-order valence-corrected chi connectivity index (χ2v) is 14.6. The van der Waals surface area contributed by atoms with Gasteiger partial charge in [-0.2, -0.15) is 0 Å². The van der Waals surface area contributed by atoms with E-state index in [0.717, 1.165) is 59.0 Å². The van der Waals surface area contributed by atoms with Gasteiger partial charge in [0, 0.05) is 49.4 Å². The molecular weight excluding hydrogens is 672 g/mol. The number of ether oxygens (including phenoxy) is 1. The number of H-pyrrole nitrogens is 1. The van der Waals surface area contributed by atoms with E-state index in [1.165, 1.54) is 4.90 Å². The number of fused-ring (bicyclic) bond motifs is 3. The SMILES string of the molecule is CN(C(=O)NCc1cc2ccccc2[nH]1)C1CC(=NOCc2ccccc2)C2=CC(CCCCO)C(CCCCO)C3c4cc(O)ccc4OC1(O)C23. The maximum absolute atomic E-state index is 14.0. The number of carbonyl (C=O) groups excluding carboxylic acids is 1. The molecule has 3 aliphatic rings. The van der Waals surface area contributed by atoms with Crippen molar-refractivity contribution in [3.8, 4) is 11.5 Å². The Morgan fingerprint density at radius 1 is 1.00 bits per heavy atom. The fourth-order valence-corrected chi connectivity index (χ4v) is 8.79. The van der Waals surface area contributed by atoms with Gasteiger partial charge in [0.2, 0.25) is 5.79 Å². The highest BCUT2D eigenvalue weighted by Gasteiger charge is 2.63. The number of urea groups is 1. The second kappa shape index (κ2) is 16.0. The van der Waals surface area contributed by atoms with Crippen LogP contribution in [-0.2, 0) is 18.0 Å². The molecule has 6 N–H and O–H groups in total. The van der Waals surface area contributed by atoms with Gasteiger partial charge in [-0.1, -0.05) is 72.6 Å². The number of carbonyl (C=O) groups is 1. The maximum Gasteiger partial charge on any atom is 0.317 e.